The second-order valence-electron chi connectivity index (χ2n) is 5.15. The lowest BCUT2D eigenvalue weighted by Gasteiger charge is -2.26. The van der Waals surface area contributed by atoms with E-state index in [1.54, 1.807) is 0 Å². The van der Waals surface area contributed by atoms with Crippen LogP contribution in [0, 0.1) is 11.8 Å². The van der Waals surface area contributed by atoms with Crippen LogP contribution in [-0.4, -0.2) is 5.54 Å². The highest BCUT2D eigenvalue weighted by Crippen LogP contribution is 2.33. The van der Waals surface area contributed by atoms with Gasteiger partial charge in [0.1, 0.15) is 0 Å². The lowest BCUT2D eigenvalue weighted by atomic mass is 9.86. The number of hydrogen-bond acceptors (Lipinski definition) is 1. The van der Waals surface area contributed by atoms with Crippen LogP contribution in [0.3, 0.4) is 0 Å². The Labute approximate surface area is 83.1 Å². The summed E-state index contributed by atoms with van der Waals surface area (Å²) in [6, 6.07) is 0. The molecule has 1 aliphatic carbocycles. The first-order valence-corrected chi connectivity index (χ1v) is 5.86. The van der Waals surface area contributed by atoms with Crippen molar-refractivity contribution in [3.05, 3.63) is 0 Å². The van der Waals surface area contributed by atoms with Gasteiger partial charge in [0, 0.05) is 5.54 Å². The summed E-state index contributed by atoms with van der Waals surface area (Å²) in [6.45, 7) is 6.93. The van der Waals surface area contributed by atoms with Gasteiger partial charge in [0.2, 0.25) is 0 Å². The molecule has 0 aromatic rings. The summed E-state index contributed by atoms with van der Waals surface area (Å²) in [7, 11) is 0. The fourth-order valence-electron chi connectivity index (χ4n) is 2.48. The van der Waals surface area contributed by atoms with Crippen molar-refractivity contribution >= 4 is 0 Å². The lowest BCUT2D eigenvalue weighted by Crippen LogP contribution is -2.38. The molecule has 0 aromatic heterocycles. The Bertz CT molecular complexity index is 153. The Morgan fingerprint density at radius 1 is 1.31 bits per heavy atom. The molecular weight excluding hydrogens is 158 g/mol. The summed E-state index contributed by atoms with van der Waals surface area (Å²) in [5, 5.41) is 0. The molecule has 0 amide bonds. The Morgan fingerprint density at radius 2 is 2.00 bits per heavy atom. The van der Waals surface area contributed by atoms with Crippen molar-refractivity contribution in [1.82, 2.24) is 0 Å². The normalized spacial score (nSPS) is 36.2. The van der Waals surface area contributed by atoms with E-state index in [1.165, 1.54) is 32.1 Å². The van der Waals surface area contributed by atoms with Crippen LogP contribution < -0.4 is 5.73 Å². The molecule has 0 aromatic carbocycles. The summed E-state index contributed by atoms with van der Waals surface area (Å²) in [4.78, 5) is 0. The quantitative estimate of drug-likeness (QED) is 0.653. The van der Waals surface area contributed by atoms with Crippen LogP contribution in [0.15, 0.2) is 0 Å². The Morgan fingerprint density at radius 3 is 2.54 bits per heavy atom. The predicted molar refractivity (Wildman–Crippen MR) is 58.6 cm³/mol. The van der Waals surface area contributed by atoms with Gasteiger partial charge in [-0.3, -0.25) is 0 Å². The van der Waals surface area contributed by atoms with Crippen LogP contribution in [-0.2, 0) is 0 Å². The highest BCUT2D eigenvalue weighted by Gasteiger charge is 2.28. The number of hydrogen-bond donors (Lipinski definition) is 1. The third-order valence-corrected chi connectivity index (χ3v) is 3.91. The standard InChI is InChI=1S/C12H25N/c1-4-12(13)8-5-6-11(7-9-12)10(2)3/h10-11H,4-9,13H2,1-3H3. The maximum atomic E-state index is 6.32. The van der Waals surface area contributed by atoms with Crippen LogP contribution in [0.4, 0.5) is 0 Å². The molecule has 0 spiro atoms. The first kappa shape index (κ1) is 11.0. The minimum atomic E-state index is 0.170. The molecular formula is C12H25N. The van der Waals surface area contributed by atoms with Crippen molar-refractivity contribution in [3.63, 3.8) is 0 Å². The van der Waals surface area contributed by atoms with Crippen molar-refractivity contribution in [3.8, 4) is 0 Å². The molecule has 1 saturated carbocycles. The molecule has 0 saturated heterocycles. The molecule has 2 N–H and O–H groups in total. The highest BCUT2D eigenvalue weighted by atomic mass is 14.7. The van der Waals surface area contributed by atoms with Crippen molar-refractivity contribution in [2.45, 2.75) is 64.8 Å². The van der Waals surface area contributed by atoms with Gasteiger partial charge < -0.3 is 5.73 Å². The van der Waals surface area contributed by atoms with Gasteiger partial charge in [0.25, 0.3) is 0 Å². The van der Waals surface area contributed by atoms with Crippen molar-refractivity contribution in [1.29, 1.82) is 0 Å². The van der Waals surface area contributed by atoms with E-state index in [9.17, 15) is 0 Å². The second-order valence-corrected chi connectivity index (χ2v) is 5.15. The maximum absolute atomic E-state index is 6.32. The van der Waals surface area contributed by atoms with E-state index in [-0.39, 0.29) is 5.54 Å². The molecule has 1 fully saturated rings. The molecule has 1 rings (SSSR count). The van der Waals surface area contributed by atoms with Gasteiger partial charge in [-0.2, -0.15) is 0 Å². The Kier molecular flexibility index (Phi) is 3.78. The van der Waals surface area contributed by atoms with Gasteiger partial charge >= 0.3 is 0 Å². The van der Waals surface area contributed by atoms with Crippen LogP contribution >= 0.6 is 0 Å². The second kappa shape index (κ2) is 4.45. The summed E-state index contributed by atoms with van der Waals surface area (Å²) in [5.41, 5.74) is 6.49. The fraction of sp³-hybridized carbons (Fsp3) is 1.00. The largest absolute Gasteiger partial charge is 0.325 e. The molecule has 0 bridgehead atoms. The Balaban J connectivity index is 2.48. The summed E-state index contributed by atoms with van der Waals surface area (Å²) in [6.07, 6.45) is 7.72. The van der Waals surface area contributed by atoms with E-state index in [0.29, 0.717) is 0 Å². The molecule has 1 aliphatic rings. The van der Waals surface area contributed by atoms with Gasteiger partial charge in [0.05, 0.1) is 0 Å². The lowest BCUT2D eigenvalue weighted by molar-refractivity contribution is 0.318. The van der Waals surface area contributed by atoms with Crippen LogP contribution in [0.25, 0.3) is 0 Å². The third kappa shape index (κ3) is 2.98. The molecule has 1 heteroatoms. The van der Waals surface area contributed by atoms with Gasteiger partial charge in [0.15, 0.2) is 0 Å². The summed E-state index contributed by atoms with van der Waals surface area (Å²) >= 11 is 0. The number of nitrogens with two attached hydrogens (primary N) is 1. The van der Waals surface area contributed by atoms with E-state index in [4.69, 9.17) is 5.73 Å². The van der Waals surface area contributed by atoms with E-state index < -0.39 is 0 Å². The first-order valence-electron chi connectivity index (χ1n) is 5.86. The Hall–Kier alpha value is -0.0400. The number of rotatable bonds is 2. The van der Waals surface area contributed by atoms with E-state index in [2.05, 4.69) is 20.8 Å². The predicted octanol–water partition coefficient (Wildman–Crippen LogP) is 3.33. The topological polar surface area (TPSA) is 26.0 Å². The monoisotopic (exact) mass is 183 g/mol. The average molecular weight is 183 g/mol. The van der Waals surface area contributed by atoms with Gasteiger partial charge in [-0.15, -0.1) is 0 Å². The molecule has 0 heterocycles. The van der Waals surface area contributed by atoms with E-state index in [1.807, 2.05) is 0 Å². The van der Waals surface area contributed by atoms with Crippen LogP contribution in [0.1, 0.15) is 59.3 Å². The van der Waals surface area contributed by atoms with Crippen molar-refractivity contribution in [2.24, 2.45) is 17.6 Å². The third-order valence-electron chi connectivity index (χ3n) is 3.91. The first-order chi connectivity index (χ1) is 6.07. The summed E-state index contributed by atoms with van der Waals surface area (Å²) < 4.78 is 0. The average Bonchev–Trinajstić information content (AvgIpc) is 2.28. The van der Waals surface area contributed by atoms with Crippen LogP contribution in [0.5, 0.6) is 0 Å². The van der Waals surface area contributed by atoms with Crippen LogP contribution in [0.2, 0.25) is 0 Å². The van der Waals surface area contributed by atoms with Gasteiger partial charge in [-0.25, -0.2) is 0 Å². The zero-order valence-corrected chi connectivity index (χ0v) is 9.47. The maximum Gasteiger partial charge on any atom is 0.0151 e. The van der Waals surface area contributed by atoms with Crippen molar-refractivity contribution < 1.29 is 0 Å². The zero-order valence-electron chi connectivity index (χ0n) is 9.47. The highest BCUT2D eigenvalue weighted by molar-refractivity contribution is 4.86. The van der Waals surface area contributed by atoms with Gasteiger partial charge in [-0.05, 0) is 37.5 Å². The van der Waals surface area contributed by atoms with E-state index >= 15 is 0 Å². The molecule has 0 aliphatic heterocycles. The van der Waals surface area contributed by atoms with Crippen molar-refractivity contribution in [2.75, 3.05) is 0 Å². The van der Waals surface area contributed by atoms with Gasteiger partial charge in [-0.1, -0.05) is 33.6 Å². The molecule has 2 atom stereocenters. The summed E-state index contributed by atoms with van der Waals surface area (Å²) in [5.74, 6) is 1.77. The smallest absolute Gasteiger partial charge is 0.0151 e. The molecule has 1 nitrogen and oxygen atoms in total. The molecule has 13 heavy (non-hydrogen) atoms. The zero-order chi connectivity index (χ0) is 9.90. The molecule has 0 radical (unpaired) electrons. The minimum Gasteiger partial charge on any atom is -0.325 e. The fourth-order valence-corrected chi connectivity index (χ4v) is 2.48. The molecule has 2 unspecified atom stereocenters. The minimum absolute atomic E-state index is 0.170. The van der Waals surface area contributed by atoms with E-state index in [0.717, 1.165) is 18.3 Å². The SMILES string of the molecule is CCC1(N)CCCC(C(C)C)CC1. The molecule has 78 valence electrons.